The van der Waals surface area contributed by atoms with E-state index in [1.807, 2.05) is 0 Å². The summed E-state index contributed by atoms with van der Waals surface area (Å²) in [6.07, 6.45) is -0.0108. The number of amides is 1. The Hall–Kier alpha value is -0.460. The molecule has 1 amide bonds. The summed E-state index contributed by atoms with van der Waals surface area (Å²) in [6.45, 7) is 0. The van der Waals surface area contributed by atoms with E-state index in [-0.39, 0.29) is 10.8 Å². The third-order valence-electron chi connectivity index (χ3n) is 0.276. The summed E-state index contributed by atoms with van der Waals surface area (Å²) in [6, 6.07) is 0. The summed E-state index contributed by atoms with van der Waals surface area (Å²) in [5.74, 6) is 4.47. The molecular formula is CH3N2O3S-. The Morgan fingerprint density at radius 3 is 2.29 bits per heavy atom. The van der Waals surface area contributed by atoms with Crippen LogP contribution in [0.3, 0.4) is 0 Å². The molecule has 0 radical (unpaired) electrons. The van der Waals surface area contributed by atoms with Crippen molar-refractivity contribution < 1.29 is 13.6 Å². The van der Waals surface area contributed by atoms with Crippen LogP contribution in [0.4, 0.5) is 0 Å². The monoisotopic (exact) mass is 123 g/mol. The van der Waals surface area contributed by atoms with Crippen molar-refractivity contribution in [2.45, 2.75) is 0 Å². The van der Waals surface area contributed by atoms with Gasteiger partial charge in [0.15, 0.2) is 0 Å². The molecule has 1 atom stereocenters. The molecule has 7 heavy (non-hydrogen) atoms. The highest BCUT2D eigenvalue weighted by Crippen LogP contribution is 1.69. The fourth-order valence-corrected chi connectivity index (χ4v) is 0.105. The van der Waals surface area contributed by atoms with Gasteiger partial charge < -0.3 is 4.55 Å². The number of carbonyl (C=O) groups excluding carboxylic acids is 1. The molecule has 0 aliphatic heterocycles. The topological polar surface area (TPSA) is 86.5 Å². The molecule has 0 aliphatic carbocycles. The van der Waals surface area contributed by atoms with Gasteiger partial charge in [0.05, 0.1) is 11.3 Å². The Morgan fingerprint density at radius 1 is 1.86 bits per heavy atom. The van der Waals surface area contributed by atoms with Crippen LogP contribution in [-0.2, 0) is 16.1 Å². The summed E-state index contributed by atoms with van der Waals surface area (Å²) >= 11 is -2.62. The van der Waals surface area contributed by atoms with Crippen LogP contribution < -0.4 is 5.84 Å². The van der Waals surface area contributed by atoms with E-state index < -0.39 is 11.3 Å². The first kappa shape index (κ1) is 6.54. The van der Waals surface area contributed by atoms with Gasteiger partial charge in [-0.2, -0.15) is 0 Å². The summed E-state index contributed by atoms with van der Waals surface area (Å²) < 4.78 is 19.0. The van der Waals surface area contributed by atoms with Crippen LogP contribution in [-0.4, -0.2) is 19.6 Å². The van der Waals surface area contributed by atoms with Crippen molar-refractivity contribution in [1.29, 1.82) is 0 Å². The molecule has 5 nitrogen and oxygen atoms in total. The largest absolute Gasteiger partial charge is 0.754 e. The molecule has 0 aromatic carbocycles. The lowest BCUT2D eigenvalue weighted by molar-refractivity contribution is -0.114. The third kappa shape index (κ3) is 2.26. The van der Waals surface area contributed by atoms with Gasteiger partial charge in [0.25, 0.3) is 0 Å². The van der Waals surface area contributed by atoms with Crippen LogP contribution in [0.2, 0.25) is 0 Å². The molecule has 0 heterocycles. The Bertz CT molecular complexity index is 92.9. The SMILES string of the molecule is NN(C=O)S(=O)[O-]. The fourth-order valence-electron chi connectivity index (χ4n) is 0.0351. The number of rotatable bonds is 2. The van der Waals surface area contributed by atoms with Gasteiger partial charge >= 0.3 is 0 Å². The molecule has 42 valence electrons. The fraction of sp³-hybridized carbons (Fsp3) is 0. The van der Waals surface area contributed by atoms with Crippen molar-refractivity contribution in [2.75, 3.05) is 0 Å². The van der Waals surface area contributed by atoms with E-state index in [9.17, 15) is 13.6 Å². The second-order valence-electron chi connectivity index (χ2n) is 0.682. The molecule has 6 heteroatoms. The van der Waals surface area contributed by atoms with Crippen molar-refractivity contribution in [3.63, 3.8) is 0 Å². The predicted octanol–water partition coefficient (Wildman–Crippen LogP) is -1.89. The van der Waals surface area contributed by atoms with E-state index in [0.29, 0.717) is 0 Å². The number of nitrogens with two attached hydrogens (primary N) is 1. The van der Waals surface area contributed by atoms with E-state index >= 15 is 0 Å². The zero-order chi connectivity index (χ0) is 5.86. The van der Waals surface area contributed by atoms with Crippen LogP contribution in [0.25, 0.3) is 0 Å². The van der Waals surface area contributed by atoms with Crippen molar-refractivity contribution >= 4 is 17.7 Å². The first-order valence-electron chi connectivity index (χ1n) is 1.27. The van der Waals surface area contributed by atoms with Gasteiger partial charge in [-0.25, -0.2) is 10.3 Å². The highest BCUT2D eigenvalue weighted by molar-refractivity contribution is 7.77. The predicted molar refractivity (Wildman–Crippen MR) is 21.0 cm³/mol. The van der Waals surface area contributed by atoms with E-state index in [0.717, 1.165) is 0 Å². The number of carbonyl (C=O) groups is 1. The maximum atomic E-state index is 9.50. The van der Waals surface area contributed by atoms with Crippen LogP contribution in [0.15, 0.2) is 0 Å². The van der Waals surface area contributed by atoms with Crippen molar-refractivity contribution in [3.8, 4) is 0 Å². The Kier molecular flexibility index (Phi) is 2.49. The molecule has 0 spiro atoms. The first-order valence-corrected chi connectivity index (χ1v) is 2.30. The normalized spacial score (nSPS) is 12.9. The highest BCUT2D eigenvalue weighted by Gasteiger charge is 1.86. The molecule has 0 fully saturated rings. The molecule has 1 unspecified atom stereocenters. The second-order valence-corrected chi connectivity index (χ2v) is 1.54. The standard InChI is InChI=1S/CH4N2O3S/c2-3(1-4)7(5)6/h1H,2H2,(H,5,6)/p-1. The smallest absolute Gasteiger partial charge is 0.235 e. The van der Waals surface area contributed by atoms with E-state index in [4.69, 9.17) is 0 Å². The molecule has 0 aromatic rings. The number of hydrazine groups is 1. The lowest BCUT2D eigenvalue weighted by atomic mass is 11.4. The maximum absolute atomic E-state index is 9.50. The minimum absolute atomic E-state index is 0.0108. The van der Waals surface area contributed by atoms with Gasteiger partial charge in [-0.1, -0.05) is 0 Å². The van der Waals surface area contributed by atoms with Crippen LogP contribution in [0.5, 0.6) is 0 Å². The Morgan fingerprint density at radius 2 is 2.29 bits per heavy atom. The van der Waals surface area contributed by atoms with E-state index in [2.05, 4.69) is 5.84 Å². The van der Waals surface area contributed by atoms with Gasteiger partial charge in [0, 0.05) is 0 Å². The van der Waals surface area contributed by atoms with Gasteiger partial charge in [-0.3, -0.25) is 9.00 Å². The molecule has 0 aromatic heterocycles. The lowest BCUT2D eigenvalue weighted by Gasteiger charge is -2.10. The summed E-state index contributed by atoms with van der Waals surface area (Å²) in [7, 11) is 0. The minimum atomic E-state index is -2.62. The summed E-state index contributed by atoms with van der Waals surface area (Å²) in [5, 5.41) is 0. The molecule has 0 saturated carbocycles. The quantitative estimate of drug-likeness (QED) is 0.153. The van der Waals surface area contributed by atoms with Crippen LogP contribution >= 0.6 is 0 Å². The Balaban J connectivity index is 3.55. The number of nitrogens with zero attached hydrogens (tertiary/aromatic N) is 1. The highest BCUT2D eigenvalue weighted by atomic mass is 32.2. The van der Waals surface area contributed by atoms with Crippen molar-refractivity contribution in [3.05, 3.63) is 0 Å². The average Bonchev–Trinajstić information content (AvgIpc) is 1.65. The zero-order valence-corrected chi connectivity index (χ0v) is 4.05. The molecular weight excluding hydrogens is 120 g/mol. The second kappa shape index (κ2) is 2.67. The third-order valence-corrected chi connectivity index (χ3v) is 0.706. The molecule has 2 N–H and O–H groups in total. The first-order chi connectivity index (χ1) is 3.18. The van der Waals surface area contributed by atoms with Gasteiger partial charge in [-0.05, 0) is 0 Å². The van der Waals surface area contributed by atoms with Crippen LogP contribution in [0.1, 0.15) is 0 Å². The summed E-state index contributed by atoms with van der Waals surface area (Å²) in [4.78, 5) is 9.35. The van der Waals surface area contributed by atoms with E-state index in [1.54, 1.807) is 0 Å². The van der Waals surface area contributed by atoms with Crippen molar-refractivity contribution in [1.82, 2.24) is 4.41 Å². The van der Waals surface area contributed by atoms with Gasteiger partial charge in [-0.15, -0.1) is 0 Å². The van der Waals surface area contributed by atoms with Crippen LogP contribution in [0, 0.1) is 0 Å². The average molecular weight is 123 g/mol. The van der Waals surface area contributed by atoms with Gasteiger partial charge in [0.2, 0.25) is 6.41 Å². The molecule has 0 rings (SSSR count). The summed E-state index contributed by atoms with van der Waals surface area (Å²) in [5.41, 5.74) is 0. The number of hydrogen-bond donors (Lipinski definition) is 1. The molecule has 0 bridgehead atoms. The minimum Gasteiger partial charge on any atom is -0.754 e. The lowest BCUT2D eigenvalue weighted by Crippen LogP contribution is -2.30. The maximum Gasteiger partial charge on any atom is 0.235 e. The molecule has 0 aliphatic rings. The van der Waals surface area contributed by atoms with E-state index in [1.165, 1.54) is 0 Å². The molecule has 0 saturated heterocycles. The van der Waals surface area contributed by atoms with Crippen molar-refractivity contribution in [2.24, 2.45) is 5.84 Å². The number of hydrogen-bond acceptors (Lipinski definition) is 4. The Labute approximate surface area is 42.5 Å². The van der Waals surface area contributed by atoms with Gasteiger partial charge in [0.1, 0.15) is 0 Å². The zero-order valence-electron chi connectivity index (χ0n) is 3.23.